The van der Waals surface area contributed by atoms with E-state index >= 15 is 0 Å². The predicted octanol–water partition coefficient (Wildman–Crippen LogP) is 1.15. The van der Waals surface area contributed by atoms with Crippen LogP contribution in [0.15, 0.2) is 12.1 Å². The Morgan fingerprint density at radius 2 is 2.05 bits per heavy atom. The minimum absolute atomic E-state index is 0.159. The summed E-state index contributed by atoms with van der Waals surface area (Å²) < 4.78 is 24.3. The van der Waals surface area contributed by atoms with Crippen molar-refractivity contribution in [3.05, 3.63) is 17.3 Å². The van der Waals surface area contributed by atoms with Gasteiger partial charge in [-0.25, -0.2) is 17.7 Å². The van der Waals surface area contributed by atoms with Crippen LogP contribution in [0.1, 0.15) is 12.8 Å². The summed E-state index contributed by atoms with van der Waals surface area (Å²) in [5.74, 6) is 0.560. The van der Waals surface area contributed by atoms with E-state index in [0.29, 0.717) is 29.7 Å². The van der Waals surface area contributed by atoms with Gasteiger partial charge in [-0.1, -0.05) is 11.6 Å². The molecule has 1 aliphatic heterocycles. The van der Waals surface area contributed by atoms with E-state index in [0.717, 1.165) is 12.8 Å². The maximum atomic E-state index is 11.4. The third-order valence-electron chi connectivity index (χ3n) is 3.16. The molecule has 2 rings (SSSR count). The van der Waals surface area contributed by atoms with Crippen LogP contribution in [0.2, 0.25) is 5.15 Å². The van der Waals surface area contributed by atoms with Crippen LogP contribution in [-0.2, 0) is 10.0 Å². The molecule has 0 bridgehead atoms. The standard InChI is InChI=1S/C11H17ClN4O2S/c1-19(17,18)16-6-4-8(5-7-16)14-11-9(13)2-3-10(12)15-11/h2-3,8H,4-7,13H2,1H3,(H,14,15). The monoisotopic (exact) mass is 304 g/mol. The Balaban J connectivity index is 1.98. The second kappa shape index (κ2) is 5.52. The van der Waals surface area contributed by atoms with Gasteiger partial charge in [-0.3, -0.25) is 0 Å². The first kappa shape index (κ1) is 14.4. The van der Waals surface area contributed by atoms with E-state index in [1.165, 1.54) is 10.6 Å². The van der Waals surface area contributed by atoms with Crippen LogP contribution < -0.4 is 11.1 Å². The highest BCUT2D eigenvalue weighted by molar-refractivity contribution is 7.88. The molecule has 8 heteroatoms. The number of hydrogen-bond donors (Lipinski definition) is 2. The third kappa shape index (κ3) is 3.71. The van der Waals surface area contributed by atoms with Gasteiger partial charge in [0, 0.05) is 19.1 Å². The fourth-order valence-corrected chi connectivity index (χ4v) is 3.11. The molecule has 1 aromatic rings. The number of rotatable bonds is 3. The lowest BCUT2D eigenvalue weighted by molar-refractivity contribution is 0.331. The van der Waals surface area contributed by atoms with Crippen LogP contribution in [0.3, 0.4) is 0 Å². The molecule has 0 aromatic carbocycles. The summed E-state index contributed by atoms with van der Waals surface area (Å²) in [7, 11) is -3.09. The fraction of sp³-hybridized carbons (Fsp3) is 0.545. The Bertz CT molecular complexity index is 556. The number of halogens is 1. The van der Waals surface area contributed by atoms with Crippen LogP contribution in [0.5, 0.6) is 0 Å². The van der Waals surface area contributed by atoms with Crippen molar-refractivity contribution in [1.82, 2.24) is 9.29 Å². The topological polar surface area (TPSA) is 88.3 Å². The van der Waals surface area contributed by atoms with Crippen molar-refractivity contribution >= 4 is 33.1 Å². The van der Waals surface area contributed by atoms with Crippen LogP contribution in [0, 0.1) is 0 Å². The van der Waals surface area contributed by atoms with Gasteiger partial charge in [0.15, 0.2) is 5.82 Å². The first-order valence-corrected chi connectivity index (χ1v) is 8.22. The lowest BCUT2D eigenvalue weighted by Gasteiger charge is -2.31. The van der Waals surface area contributed by atoms with E-state index in [9.17, 15) is 8.42 Å². The zero-order valence-corrected chi connectivity index (χ0v) is 12.2. The molecule has 1 saturated heterocycles. The summed E-state index contributed by atoms with van der Waals surface area (Å²) in [6, 6.07) is 3.49. The number of nitrogen functional groups attached to an aromatic ring is 1. The molecular weight excluding hydrogens is 288 g/mol. The maximum Gasteiger partial charge on any atom is 0.211 e. The van der Waals surface area contributed by atoms with Gasteiger partial charge in [0.2, 0.25) is 10.0 Å². The molecule has 0 radical (unpaired) electrons. The highest BCUT2D eigenvalue weighted by Crippen LogP contribution is 2.22. The summed E-state index contributed by atoms with van der Waals surface area (Å²) in [6.45, 7) is 1.02. The van der Waals surface area contributed by atoms with Gasteiger partial charge >= 0.3 is 0 Å². The number of nitrogens with zero attached hydrogens (tertiary/aromatic N) is 2. The Morgan fingerprint density at radius 3 is 2.63 bits per heavy atom. The van der Waals surface area contributed by atoms with E-state index in [4.69, 9.17) is 17.3 Å². The lowest BCUT2D eigenvalue weighted by atomic mass is 10.1. The minimum atomic E-state index is -3.09. The quantitative estimate of drug-likeness (QED) is 0.818. The molecule has 1 aliphatic rings. The maximum absolute atomic E-state index is 11.4. The van der Waals surface area contributed by atoms with Crippen molar-refractivity contribution in [1.29, 1.82) is 0 Å². The van der Waals surface area contributed by atoms with Crippen molar-refractivity contribution in [2.45, 2.75) is 18.9 Å². The van der Waals surface area contributed by atoms with Crippen molar-refractivity contribution in [2.24, 2.45) is 0 Å². The van der Waals surface area contributed by atoms with Crippen molar-refractivity contribution in [3.8, 4) is 0 Å². The number of aromatic nitrogens is 1. The average Bonchev–Trinajstić information content (AvgIpc) is 2.33. The molecule has 3 N–H and O–H groups in total. The number of piperidine rings is 1. The molecule has 106 valence electrons. The van der Waals surface area contributed by atoms with Gasteiger partial charge in [-0.2, -0.15) is 0 Å². The van der Waals surface area contributed by atoms with Crippen LogP contribution in [0.25, 0.3) is 0 Å². The smallest absolute Gasteiger partial charge is 0.211 e. The summed E-state index contributed by atoms with van der Waals surface area (Å²) in [5.41, 5.74) is 6.35. The minimum Gasteiger partial charge on any atom is -0.396 e. The largest absolute Gasteiger partial charge is 0.396 e. The fourth-order valence-electron chi connectivity index (χ4n) is 2.09. The number of pyridine rings is 1. The average molecular weight is 305 g/mol. The second-order valence-electron chi connectivity index (χ2n) is 4.65. The summed E-state index contributed by atoms with van der Waals surface area (Å²) in [5, 5.41) is 3.60. The van der Waals surface area contributed by atoms with Gasteiger partial charge in [-0.05, 0) is 25.0 Å². The zero-order valence-electron chi connectivity index (χ0n) is 10.6. The van der Waals surface area contributed by atoms with E-state index in [1.807, 2.05) is 0 Å². The molecule has 1 fully saturated rings. The number of nitrogens with one attached hydrogen (secondary N) is 1. The lowest BCUT2D eigenvalue weighted by Crippen LogP contribution is -2.42. The Kier molecular flexibility index (Phi) is 4.17. The number of nitrogens with two attached hydrogens (primary N) is 1. The van der Waals surface area contributed by atoms with Gasteiger partial charge < -0.3 is 11.1 Å². The van der Waals surface area contributed by atoms with Gasteiger partial charge in [0.05, 0.1) is 11.9 Å². The van der Waals surface area contributed by atoms with E-state index in [-0.39, 0.29) is 6.04 Å². The molecule has 0 spiro atoms. The van der Waals surface area contributed by atoms with Crippen LogP contribution in [0.4, 0.5) is 11.5 Å². The van der Waals surface area contributed by atoms with Gasteiger partial charge in [-0.15, -0.1) is 0 Å². The Morgan fingerprint density at radius 1 is 1.42 bits per heavy atom. The Labute approximate surface area is 118 Å². The van der Waals surface area contributed by atoms with Gasteiger partial charge in [0.1, 0.15) is 5.15 Å². The van der Waals surface area contributed by atoms with E-state index < -0.39 is 10.0 Å². The molecule has 0 amide bonds. The SMILES string of the molecule is CS(=O)(=O)N1CCC(Nc2nc(Cl)ccc2N)CC1. The van der Waals surface area contributed by atoms with Crippen LogP contribution in [-0.4, -0.2) is 43.1 Å². The molecule has 0 aliphatic carbocycles. The highest BCUT2D eigenvalue weighted by atomic mass is 35.5. The van der Waals surface area contributed by atoms with Crippen molar-refractivity contribution in [2.75, 3.05) is 30.4 Å². The second-order valence-corrected chi connectivity index (χ2v) is 7.02. The normalized spacial score (nSPS) is 18.4. The first-order chi connectivity index (χ1) is 8.86. The summed E-state index contributed by atoms with van der Waals surface area (Å²) in [6.07, 6.45) is 2.68. The molecule has 2 heterocycles. The number of hydrogen-bond acceptors (Lipinski definition) is 5. The van der Waals surface area contributed by atoms with Crippen molar-refractivity contribution in [3.63, 3.8) is 0 Å². The molecule has 1 aromatic heterocycles. The van der Waals surface area contributed by atoms with E-state index in [1.54, 1.807) is 12.1 Å². The highest BCUT2D eigenvalue weighted by Gasteiger charge is 2.25. The van der Waals surface area contributed by atoms with E-state index in [2.05, 4.69) is 10.3 Å². The Hall–Kier alpha value is -1.05. The molecule has 6 nitrogen and oxygen atoms in total. The molecular formula is C11H17ClN4O2S. The first-order valence-electron chi connectivity index (χ1n) is 6.00. The summed E-state index contributed by atoms with van der Waals surface area (Å²) in [4.78, 5) is 4.13. The van der Waals surface area contributed by atoms with Gasteiger partial charge in [0.25, 0.3) is 0 Å². The predicted molar refractivity (Wildman–Crippen MR) is 76.7 cm³/mol. The third-order valence-corrected chi connectivity index (χ3v) is 4.67. The number of anilines is 2. The number of sulfonamides is 1. The van der Waals surface area contributed by atoms with Crippen LogP contribution >= 0.6 is 11.6 Å². The summed E-state index contributed by atoms with van der Waals surface area (Å²) >= 11 is 5.82. The molecule has 19 heavy (non-hydrogen) atoms. The molecule has 0 unspecified atom stereocenters. The molecule has 0 saturated carbocycles. The van der Waals surface area contributed by atoms with Crippen molar-refractivity contribution < 1.29 is 8.42 Å². The molecule has 0 atom stereocenters. The zero-order chi connectivity index (χ0) is 14.0.